The lowest BCUT2D eigenvalue weighted by molar-refractivity contribution is -0.120. The van der Waals surface area contributed by atoms with Crippen LogP contribution in [-0.4, -0.2) is 61.1 Å². The Morgan fingerprint density at radius 1 is 1.10 bits per heavy atom. The van der Waals surface area contributed by atoms with Gasteiger partial charge in [-0.25, -0.2) is 4.79 Å². The third kappa shape index (κ3) is 4.38. The monoisotopic (exact) mass is 440 g/mol. The number of hydrogen-bond donors (Lipinski definition) is 2. The standard InChI is InChI=1S/C23H25ClN4O3/c1-15(27-10-12-28(13-11-27)17-6-4-3-5-7-17)22(29)26-20-18-14-16(24)8-9-19(18)25-21(20)23(30)31-2/h3-9,14-15,25H,10-13H2,1-2H3,(H,26,29). The SMILES string of the molecule is COC(=O)c1[nH]c2ccc(Cl)cc2c1NC(=O)C(C)N1CCN(c2ccccc2)CC1. The Morgan fingerprint density at radius 2 is 1.81 bits per heavy atom. The van der Waals surface area contributed by atoms with Crippen molar-refractivity contribution in [1.82, 2.24) is 9.88 Å². The molecular formula is C23H25ClN4O3. The van der Waals surface area contributed by atoms with Crippen LogP contribution < -0.4 is 10.2 Å². The van der Waals surface area contributed by atoms with E-state index < -0.39 is 5.97 Å². The number of fused-ring (bicyclic) bond motifs is 1. The summed E-state index contributed by atoms with van der Waals surface area (Å²) in [4.78, 5) is 32.8. The van der Waals surface area contributed by atoms with Gasteiger partial charge in [0.25, 0.3) is 0 Å². The molecular weight excluding hydrogens is 416 g/mol. The quantitative estimate of drug-likeness (QED) is 0.591. The van der Waals surface area contributed by atoms with Crippen LogP contribution in [0.15, 0.2) is 48.5 Å². The van der Waals surface area contributed by atoms with Crippen molar-refractivity contribution in [3.8, 4) is 0 Å². The van der Waals surface area contributed by atoms with Gasteiger partial charge in [0.05, 0.1) is 18.8 Å². The lowest BCUT2D eigenvalue weighted by Gasteiger charge is -2.38. The summed E-state index contributed by atoms with van der Waals surface area (Å²) in [5.41, 5.74) is 2.49. The molecule has 1 amide bonds. The number of esters is 1. The number of aromatic amines is 1. The Morgan fingerprint density at radius 3 is 2.48 bits per heavy atom. The highest BCUT2D eigenvalue weighted by molar-refractivity contribution is 6.31. The summed E-state index contributed by atoms with van der Waals surface area (Å²) in [6, 6.07) is 15.1. The van der Waals surface area contributed by atoms with Gasteiger partial charge in [0.2, 0.25) is 5.91 Å². The molecule has 0 spiro atoms. The molecule has 1 aliphatic heterocycles. The third-order valence-corrected chi connectivity index (χ3v) is 6.00. The van der Waals surface area contributed by atoms with Crippen LogP contribution in [0.2, 0.25) is 5.02 Å². The molecule has 7 nitrogen and oxygen atoms in total. The number of para-hydroxylation sites is 1. The van der Waals surface area contributed by atoms with Crippen molar-refractivity contribution in [3.63, 3.8) is 0 Å². The number of carbonyl (C=O) groups is 2. The van der Waals surface area contributed by atoms with E-state index >= 15 is 0 Å². The van der Waals surface area contributed by atoms with Crippen LogP contribution in [0.3, 0.4) is 0 Å². The zero-order valence-electron chi connectivity index (χ0n) is 17.5. The van der Waals surface area contributed by atoms with E-state index in [1.54, 1.807) is 18.2 Å². The summed E-state index contributed by atoms with van der Waals surface area (Å²) < 4.78 is 4.88. The minimum absolute atomic E-state index is 0.181. The number of H-pyrrole nitrogens is 1. The first kappa shape index (κ1) is 21.2. The number of rotatable bonds is 5. The number of hydrogen-bond acceptors (Lipinski definition) is 5. The highest BCUT2D eigenvalue weighted by Crippen LogP contribution is 2.31. The van der Waals surface area contributed by atoms with Crippen LogP contribution in [0.5, 0.6) is 0 Å². The first-order valence-corrected chi connectivity index (χ1v) is 10.6. The second kappa shape index (κ2) is 8.99. The van der Waals surface area contributed by atoms with Crippen LogP contribution in [0.25, 0.3) is 10.9 Å². The highest BCUT2D eigenvalue weighted by Gasteiger charge is 2.28. The van der Waals surface area contributed by atoms with Gasteiger partial charge in [-0.05, 0) is 37.3 Å². The van der Waals surface area contributed by atoms with Crippen LogP contribution in [0, 0.1) is 0 Å². The largest absolute Gasteiger partial charge is 0.464 e. The Kier molecular flexibility index (Phi) is 6.15. The molecule has 0 bridgehead atoms. The molecule has 1 saturated heterocycles. The maximum absolute atomic E-state index is 13.1. The van der Waals surface area contributed by atoms with E-state index in [2.05, 4.69) is 32.2 Å². The molecule has 1 atom stereocenters. The number of anilines is 2. The van der Waals surface area contributed by atoms with Gasteiger partial charge in [0.15, 0.2) is 0 Å². The van der Waals surface area contributed by atoms with Crippen LogP contribution >= 0.6 is 11.6 Å². The van der Waals surface area contributed by atoms with E-state index in [1.807, 2.05) is 25.1 Å². The molecule has 0 aliphatic carbocycles. The van der Waals surface area contributed by atoms with E-state index in [-0.39, 0.29) is 17.6 Å². The fourth-order valence-electron chi connectivity index (χ4n) is 3.95. The number of amides is 1. The van der Waals surface area contributed by atoms with Crippen molar-refractivity contribution < 1.29 is 14.3 Å². The van der Waals surface area contributed by atoms with E-state index in [1.165, 1.54) is 12.8 Å². The number of ether oxygens (including phenoxy) is 1. The Balaban J connectivity index is 1.49. The molecule has 1 aromatic heterocycles. The molecule has 8 heteroatoms. The van der Waals surface area contributed by atoms with Crippen LogP contribution in [-0.2, 0) is 9.53 Å². The Bertz CT molecular complexity index is 1090. The van der Waals surface area contributed by atoms with Crippen molar-refractivity contribution in [1.29, 1.82) is 0 Å². The summed E-state index contributed by atoms with van der Waals surface area (Å²) in [6.45, 7) is 5.11. The number of aromatic nitrogens is 1. The number of carbonyl (C=O) groups excluding carboxylic acids is 2. The minimum atomic E-state index is -0.549. The fraction of sp³-hybridized carbons (Fsp3) is 0.304. The normalized spacial score (nSPS) is 15.6. The molecule has 0 saturated carbocycles. The summed E-state index contributed by atoms with van der Waals surface area (Å²) in [6.07, 6.45) is 0. The lowest BCUT2D eigenvalue weighted by atomic mass is 10.1. The predicted octanol–water partition coefficient (Wildman–Crippen LogP) is 3.76. The van der Waals surface area contributed by atoms with Gasteiger partial charge in [0, 0.05) is 47.8 Å². The number of piperazine rings is 1. The van der Waals surface area contributed by atoms with Gasteiger partial charge in [-0.1, -0.05) is 29.8 Å². The third-order valence-electron chi connectivity index (χ3n) is 5.76. The van der Waals surface area contributed by atoms with Gasteiger partial charge in [-0.2, -0.15) is 0 Å². The van der Waals surface area contributed by atoms with E-state index in [4.69, 9.17) is 16.3 Å². The second-order valence-corrected chi connectivity index (χ2v) is 8.02. The van der Waals surface area contributed by atoms with Crippen molar-refractivity contribution in [2.45, 2.75) is 13.0 Å². The molecule has 1 fully saturated rings. The fourth-order valence-corrected chi connectivity index (χ4v) is 4.12. The van der Waals surface area contributed by atoms with Crippen molar-refractivity contribution in [2.75, 3.05) is 43.5 Å². The number of nitrogens with zero attached hydrogens (tertiary/aromatic N) is 2. The van der Waals surface area contributed by atoms with E-state index in [9.17, 15) is 9.59 Å². The summed E-state index contributed by atoms with van der Waals surface area (Å²) >= 11 is 6.14. The first-order valence-electron chi connectivity index (χ1n) is 10.2. The molecule has 4 rings (SSSR count). The molecule has 1 aliphatic rings. The topological polar surface area (TPSA) is 77.7 Å². The summed E-state index contributed by atoms with van der Waals surface area (Å²) in [5.74, 6) is -0.731. The highest BCUT2D eigenvalue weighted by atomic mass is 35.5. The second-order valence-electron chi connectivity index (χ2n) is 7.58. The number of methoxy groups -OCH3 is 1. The minimum Gasteiger partial charge on any atom is -0.464 e. The molecule has 3 aromatic rings. The number of benzene rings is 2. The smallest absolute Gasteiger partial charge is 0.356 e. The van der Waals surface area contributed by atoms with E-state index in [0.29, 0.717) is 21.6 Å². The average Bonchev–Trinajstić information content (AvgIpc) is 3.16. The Labute approximate surface area is 185 Å². The Hall–Kier alpha value is -3.03. The molecule has 0 radical (unpaired) electrons. The number of halogens is 1. The van der Waals surface area contributed by atoms with Crippen molar-refractivity contribution in [2.24, 2.45) is 0 Å². The van der Waals surface area contributed by atoms with Crippen molar-refractivity contribution in [3.05, 3.63) is 59.2 Å². The predicted molar refractivity (Wildman–Crippen MR) is 123 cm³/mol. The van der Waals surface area contributed by atoms with Gasteiger partial charge in [0.1, 0.15) is 5.69 Å². The van der Waals surface area contributed by atoms with Gasteiger partial charge in [-0.15, -0.1) is 0 Å². The lowest BCUT2D eigenvalue weighted by Crippen LogP contribution is -2.52. The zero-order chi connectivity index (χ0) is 22.0. The first-order chi connectivity index (χ1) is 15.0. The molecule has 162 valence electrons. The molecule has 2 N–H and O–H groups in total. The maximum Gasteiger partial charge on any atom is 0.356 e. The number of nitrogens with one attached hydrogen (secondary N) is 2. The van der Waals surface area contributed by atoms with Crippen LogP contribution in [0.1, 0.15) is 17.4 Å². The zero-order valence-corrected chi connectivity index (χ0v) is 18.3. The summed E-state index contributed by atoms with van der Waals surface area (Å²) in [7, 11) is 1.31. The maximum atomic E-state index is 13.1. The summed E-state index contributed by atoms with van der Waals surface area (Å²) in [5, 5.41) is 4.12. The average molecular weight is 441 g/mol. The van der Waals surface area contributed by atoms with Gasteiger partial charge < -0.3 is 19.9 Å². The van der Waals surface area contributed by atoms with Gasteiger partial charge >= 0.3 is 5.97 Å². The molecule has 1 unspecified atom stereocenters. The molecule has 2 heterocycles. The molecule has 2 aromatic carbocycles. The van der Waals surface area contributed by atoms with Crippen molar-refractivity contribution >= 4 is 45.8 Å². The molecule has 31 heavy (non-hydrogen) atoms. The van der Waals surface area contributed by atoms with E-state index in [0.717, 1.165) is 26.2 Å². The van der Waals surface area contributed by atoms with Gasteiger partial charge in [-0.3, -0.25) is 9.69 Å². The van der Waals surface area contributed by atoms with Crippen LogP contribution in [0.4, 0.5) is 11.4 Å².